The number of aryl methyl sites for hydroxylation is 1. The van der Waals surface area contributed by atoms with E-state index in [0.717, 1.165) is 22.9 Å². The number of fused-ring (bicyclic) bond motifs is 1. The normalized spacial score (nSPS) is 12.4. The highest BCUT2D eigenvalue weighted by molar-refractivity contribution is 6.32. The minimum atomic E-state index is -0.779. The molecule has 2 heterocycles. The van der Waals surface area contributed by atoms with Crippen LogP contribution in [0.4, 0.5) is 0 Å². The van der Waals surface area contributed by atoms with Crippen molar-refractivity contribution in [1.82, 2.24) is 19.9 Å². The van der Waals surface area contributed by atoms with Crippen molar-refractivity contribution in [3.63, 3.8) is 0 Å². The Labute approximate surface area is 196 Å². The van der Waals surface area contributed by atoms with E-state index in [1.54, 1.807) is 19.1 Å². The summed E-state index contributed by atoms with van der Waals surface area (Å²) in [7, 11) is 0. The predicted octanol–water partition coefficient (Wildman–Crippen LogP) is 5.69. The lowest BCUT2D eigenvalue weighted by molar-refractivity contribution is -0.141. The molecule has 0 fully saturated rings. The number of aliphatic carboxylic acids is 1. The average molecular weight is 469 g/mol. The van der Waals surface area contributed by atoms with Crippen molar-refractivity contribution in [3.05, 3.63) is 47.6 Å². The number of ether oxygens (including phenoxy) is 1. The van der Waals surface area contributed by atoms with E-state index in [-0.39, 0.29) is 12.0 Å². The van der Waals surface area contributed by atoms with E-state index in [9.17, 15) is 4.79 Å². The molecule has 2 aromatic heterocycles. The molecule has 172 valence electrons. The molecular weight excluding hydrogens is 444 g/mol. The summed E-state index contributed by atoms with van der Waals surface area (Å²) in [6.07, 6.45) is 3.27. The second kappa shape index (κ2) is 9.62. The van der Waals surface area contributed by atoms with Crippen LogP contribution in [0.3, 0.4) is 0 Å². The first-order chi connectivity index (χ1) is 15.8. The molecule has 0 saturated heterocycles. The Bertz CT molecular complexity index is 1280. The molecule has 1 unspecified atom stereocenters. The molecule has 1 atom stereocenters. The fourth-order valence-electron chi connectivity index (χ4n) is 3.52. The largest absolute Gasteiger partial charge is 0.489 e. The van der Waals surface area contributed by atoms with Crippen LogP contribution < -0.4 is 4.74 Å². The molecule has 0 spiro atoms. The maximum atomic E-state index is 11.0. The summed E-state index contributed by atoms with van der Waals surface area (Å²) in [5.74, 6) is 0.260. The van der Waals surface area contributed by atoms with Gasteiger partial charge >= 0.3 is 5.97 Å². The Morgan fingerprint density at radius 2 is 2.06 bits per heavy atom. The van der Waals surface area contributed by atoms with Gasteiger partial charge in [0, 0.05) is 29.3 Å². The molecule has 0 aliphatic carbocycles. The summed E-state index contributed by atoms with van der Waals surface area (Å²) >= 11 is 6.35. The van der Waals surface area contributed by atoms with Gasteiger partial charge < -0.3 is 14.4 Å². The predicted molar refractivity (Wildman–Crippen MR) is 125 cm³/mol. The highest BCUT2D eigenvalue weighted by Crippen LogP contribution is 2.32. The molecule has 0 radical (unpaired) electrons. The molecule has 8 nitrogen and oxygen atoms in total. The number of aromatic nitrogens is 4. The van der Waals surface area contributed by atoms with Gasteiger partial charge in [0.25, 0.3) is 5.89 Å². The van der Waals surface area contributed by atoms with Crippen molar-refractivity contribution in [2.24, 2.45) is 5.92 Å². The van der Waals surface area contributed by atoms with Crippen LogP contribution >= 0.6 is 11.6 Å². The van der Waals surface area contributed by atoms with E-state index in [2.05, 4.69) is 15.2 Å². The first-order valence-corrected chi connectivity index (χ1v) is 11.2. The Morgan fingerprint density at radius 1 is 1.24 bits per heavy atom. The highest BCUT2D eigenvalue weighted by Gasteiger charge is 2.17. The summed E-state index contributed by atoms with van der Waals surface area (Å²) in [4.78, 5) is 15.6. The Kier molecular flexibility index (Phi) is 6.65. The van der Waals surface area contributed by atoms with Crippen molar-refractivity contribution >= 4 is 28.5 Å². The van der Waals surface area contributed by atoms with Gasteiger partial charge in [-0.3, -0.25) is 9.48 Å². The minimum Gasteiger partial charge on any atom is -0.489 e. The van der Waals surface area contributed by atoms with Gasteiger partial charge in [0.2, 0.25) is 5.82 Å². The zero-order chi connectivity index (χ0) is 23.5. The quantitative estimate of drug-likeness (QED) is 0.336. The van der Waals surface area contributed by atoms with Gasteiger partial charge in [0.15, 0.2) is 0 Å². The third kappa shape index (κ3) is 5.17. The van der Waals surface area contributed by atoms with Gasteiger partial charge in [-0.05, 0) is 51.0 Å². The van der Waals surface area contributed by atoms with Gasteiger partial charge in [-0.1, -0.05) is 35.8 Å². The van der Waals surface area contributed by atoms with E-state index in [1.165, 1.54) is 0 Å². The zero-order valence-electron chi connectivity index (χ0n) is 18.7. The monoisotopic (exact) mass is 468 g/mol. The molecule has 9 heteroatoms. The number of carboxylic acids is 1. The van der Waals surface area contributed by atoms with Crippen LogP contribution in [-0.2, 0) is 11.3 Å². The van der Waals surface area contributed by atoms with Gasteiger partial charge in [-0.25, -0.2) is 0 Å². The average Bonchev–Trinajstić information content (AvgIpc) is 3.41. The standard InChI is InChI=1S/C24H25ClN4O4/c1-14(2)32-21-10-9-16(12-19(21)25)23-26-22(28-33-23)17-7-4-8-20-18(17)13-29(27-20)11-5-6-15(3)24(30)31/h4,7-10,12-15H,5-6,11H2,1-3H3,(H,30,31). The number of halogens is 1. The third-order valence-electron chi connectivity index (χ3n) is 5.25. The number of benzene rings is 2. The van der Waals surface area contributed by atoms with Crippen molar-refractivity contribution in [2.45, 2.75) is 46.3 Å². The van der Waals surface area contributed by atoms with E-state index < -0.39 is 5.97 Å². The number of rotatable bonds is 9. The molecule has 0 saturated carbocycles. The zero-order valence-corrected chi connectivity index (χ0v) is 19.4. The smallest absolute Gasteiger partial charge is 0.306 e. The lowest BCUT2D eigenvalue weighted by Crippen LogP contribution is -2.10. The molecule has 1 N–H and O–H groups in total. The SMILES string of the molecule is CC(C)Oc1ccc(-c2nc(-c3cccc4nn(CCCC(C)C(=O)O)cc34)no2)cc1Cl. The highest BCUT2D eigenvalue weighted by atomic mass is 35.5. The van der Waals surface area contributed by atoms with Crippen molar-refractivity contribution < 1.29 is 19.2 Å². The number of hydrogen-bond acceptors (Lipinski definition) is 6. The van der Waals surface area contributed by atoms with Crippen LogP contribution in [0.25, 0.3) is 33.7 Å². The summed E-state index contributed by atoms with van der Waals surface area (Å²) in [5, 5.41) is 19.2. The van der Waals surface area contributed by atoms with E-state index in [4.69, 9.17) is 26.0 Å². The van der Waals surface area contributed by atoms with Gasteiger partial charge in [-0.2, -0.15) is 10.1 Å². The third-order valence-corrected chi connectivity index (χ3v) is 5.55. The number of hydrogen-bond donors (Lipinski definition) is 1. The minimum absolute atomic E-state index is 0.0188. The van der Waals surface area contributed by atoms with Crippen LogP contribution in [-0.4, -0.2) is 37.1 Å². The summed E-state index contributed by atoms with van der Waals surface area (Å²) in [6.45, 7) is 6.22. The van der Waals surface area contributed by atoms with Crippen LogP contribution in [0.1, 0.15) is 33.6 Å². The maximum Gasteiger partial charge on any atom is 0.306 e. The second-order valence-corrected chi connectivity index (χ2v) is 8.65. The molecule has 0 aliphatic rings. The Balaban J connectivity index is 1.56. The van der Waals surface area contributed by atoms with Gasteiger partial charge in [-0.15, -0.1) is 0 Å². The lowest BCUT2D eigenvalue weighted by Gasteiger charge is -2.11. The fourth-order valence-corrected chi connectivity index (χ4v) is 3.74. The van der Waals surface area contributed by atoms with Crippen LogP contribution in [0.5, 0.6) is 5.75 Å². The topological polar surface area (TPSA) is 103 Å². The summed E-state index contributed by atoms with van der Waals surface area (Å²) in [6, 6.07) is 11.1. The summed E-state index contributed by atoms with van der Waals surface area (Å²) < 4.78 is 13.0. The van der Waals surface area contributed by atoms with Crippen molar-refractivity contribution in [2.75, 3.05) is 0 Å². The van der Waals surface area contributed by atoms with Gasteiger partial charge in [0.05, 0.1) is 22.6 Å². The maximum absolute atomic E-state index is 11.0. The number of carboxylic acid groups (broad SMARTS) is 1. The molecule has 33 heavy (non-hydrogen) atoms. The fraction of sp³-hybridized carbons (Fsp3) is 0.333. The molecule has 4 aromatic rings. The lowest BCUT2D eigenvalue weighted by atomic mass is 10.1. The first-order valence-electron chi connectivity index (χ1n) is 10.8. The first kappa shape index (κ1) is 22.8. The Morgan fingerprint density at radius 3 is 2.79 bits per heavy atom. The van der Waals surface area contributed by atoms with E-state index >= 15 is 0 Å². The molecular formula is C24H25ClN4O4. The number of nitrogens with zero attached hydrogens (tertiary/aromatic N) is 4. The van der Waals surface area contributed by atoms with Crippen molar-refractivity contribution in [1.29, 1.82) is 0 Å². The van der Waals surface area contributed by atoms with E-state index in [0.29, 0.717) is 41.0 Å². The van der Waals surface area contributed by atoms with Crippen LogP contribution in [0.2, 0.25) is 5.02 Å². The van der Waals surface area contributed by atoms with Crippen LogP contribution in [0, 0.1) is 5.92 Å². The Hall–Kier alpha value is -3.39. The molecule has 0 bridgehead atoms. The summed E-state index contributed by atoms with van der Waals surface area (Å²) in [5.41, 5.74) is 2.31. The molecule has 0 amide bonds. The van der Waals surface area contributed by atoms with E-state index in [1.807, 2.05) is 49.0 Å². The van der Waals surface area contributed by atoms with Gasteiger partial charge in [0.1, 0.15) is 5.75 Å². The van der Waals surface area contributed by atoms with Crippen molar-refractivity contribution in [3.8, 4) is 28.6 Å². The van der Waals surface area contributed by atoms with Crippen LogP contribution in [0.15, 0.2) is 47.1 Å². The molecule has 2 aromatic carbocycles. The molecule has 4 rings (SSSR count). The molecule has 0 aliphatic heterocycles. The number of carbonyl (C=O) groups is 1. The second-order valence-electron chi connectivity index (χ2n) is 8.25.